The van der Waals surface area contributed by atoms with Crippen molar-refractivity contribution in [3.05, 3.63) is 95.8 Å². The summed E-state index contributed by atoms with van der Waals surface area (Å²) in [4.78, 5) is 16.8. The zero-order valence-corrected chi connectivity index (χ0v) is 21.2. The molecule has 4 aromatic rings. The minimum atomic E-state index is -1.02. The number of aromatic nitrogens is 1. The first-order valence-corrected chi connectivity index (χ1v) is 12.8. The molecule has 0 amide bonds. The fourth-order valence-electron chi connectivity index (χ4n) is 5.20. The van der Waals surface area contributed by atoms with Crippen LogP contribution in [0.5, 0.6) is 11.5 Å². The van der Waals surface area contributed by atoms with E-state index in [0.717, 1.165) is 40.3 Å². The molecule has 2 aromatic carbocycles. The highest BCUT2D eigenvalue weighted by atomic mass is 16.7. The molecule has 1 unspecified atom stereocenters. The summed E-state index contributed by atoms with van der Waals surface area (Å²) in [6.45, 7) is 1.85. The van der Waals surface area contributed by atoms with Crippen LogP contribution < -0.4 is 14.8 Å². The Morgan fingerprint density at radius 2 is 2.00 bits per heavy atom. The van der Waals surface area contributed by atoms with E-state index >= 15 is 0 Å². The maximum Gasteiger partial charge on any atom is 0.304 e. The predicted molar refractivity (Wildman–Crippen MR) is 143 cm³/mol. The van der Waals surface area contributed by atoms with Crippen molar-refractivity contribution in [2.45, 2.75) is 24.7 Å². The van der Waals surface area contributed by atoms with Gasteiger partial charge in [0.15, 0.2) is 11.6 Å². The van der Waals surface area contributed by atoms with Crippen LogP contribution in [-0.2, 0) is 32.5 Å². The first-order chi connectivity index (χ1) is 19.1. The number of anilines is 1. The molecule has 2 aliphatic heterocycles. The van der Waals surface area contributed by atoms with Crippen molar-refractivity contribution < 1.29 is 33.3 Å². The van der Waals surface area contributed by atoms with Gasteiger partial charge >= 0.3 is 5.97 Å². The van der Waals surface area contributed by atoms with Crippen LogP contribution in [0.1, 0.15) is 23.2 Å². The Kier molecular flexibility index (Phi) is 6.71. The van der Waals surface area contributed by atoms with Gasteiger partial charge < -0.3 is 33.8 Å². The number of pyridine rings is 1. The lowest BCUT2D eigenvalue weighted by atomic mass is 9.71. The maximum atomic E-state index is 12.2. The van der Waals surface area contributed by atoms with Gasteiger partial charge in [-0.2, -0.15) is 0 Å². The molecule has 0 saturated carbocycles. The molecule has 2 aromatic heterocycles. The van der Waals surface area contributed by atoms with E-state index in [1.807, 2.05) is 60.7 Å². The van der Waals surface area contributed by atoms with E-state index in [2.05, 4.69) is 10.3 Å². The molecular formula is C30H28N2O7. The highest BCUT2D eigenvalue weighted by Gasteiger charge is 2.44. The number of hydrogen-bond acceptors (Lipinski definition) is 8. The van der Waals surface area contributed by atoms with Gasteiger partial charge in [-0.3, -0.25) is 4.79 Å². The molecule has 0 radical (unpaired) electrons. The molecule has 39 heavy (non-hydrogen) atoms. The number of nitrogens with one attached hydrogen (secondary N) is 1. The largest absolute Gasteiger partial charge is 0.493 e. The predicted octanol–water partition coefficient (Wildman–Crippen LogP) is 5.05. The summed E-state index contributed by atoms with van der Waals surface area (Å²) in [5, 5.41) is 14.0. The lowest BCUT2D eigenvalue weighted by Gasteiger charge is -2.32. The molecular weight excluding hydrogens is 500 g/mol. The fraction of sp³-hybridized carbons (Fsp3) is 0.267. The van der Waals surface area contributed by atoms with Gasteiger partial charge in [0, 0.05) is 29.1 Å². The molecule has 6 rings (SSSR count). The van der Waals surface area contributed by atoms with Gasteiger partial charge in [-0.1, -0.05) is 30.3 Å². The summed E-state index contributed by atoms with van der Waals surface area (Å²) in [5.41, 5.74) is 2.17. The third-order valence-corrected chi connectivity index (χ3v) is 7.00. The van der Waals surface area contributed by atoms with E-state index in [9.17, 15) is 9.90 Å². The lowest BCUT2D eigenvalue weighted by molar-refractivity contribution is -0.138. The number of fused-ring (bicyclic) bond motifs is 2. The number of carboxylic acid groups (broad SMARTS) is 1. The van der Waals surface area contributed by atoms with Crippen LogP contribution >= 0.6 is 0 Å². The highest BCUT2D eigenvalue weighted by molar-refractivity contribution is 5.85. The van der Waals surface area contributed by atoms with Crippen molar-refractivity contribution in [2.75, 3.05) is 31.9 Å². The van der Waals surface area contributed by atoms with E-state index in [-0.39, 0.29) is 13.2 Å². The minimum Gasteiger partial charge on any atom is -0.493 e. The number of carbonyl (C=O) groups is 1. The second kappa shape index (κ2) is 10.6. The Hall–Kier alpha value is -4.66. The van der Waals surface area contributed by atoms with Gasteiger partial charge in [0.05, 0.1) is 31.3 Å². The molecule has 1 atom stereocenters. The number of nitrogens with zero attached hydrogens (tertiary/aromatic N) is 1. The van der Waals surface area contributed by atoms with E-state index < -0.39 is 11.4 Å². The number of ether oxygens (including phenoxy) is 4. The SMILES string of the molecule is O=C(O)CC(Cc1ccccc1)(C1=COCO1)c1coc2cc(OCCc3ccc4c(n3)NCCO4)ccc12. The molecule has 0 fully saturated rings. The Labute approximate surface area is 225 Å². The summed E-state index contributed by atoms with van der Waals surface area (Å²) in [6.07, 6.45) is 3.96. The molecule has 200 valence electrons. The Morgan fingerprint density at radius 1 is 1.10 bits per heavy atom. The second-order valence-electron chi connectivity index (χ2n) is 9.56. The van der Waals surface area contributed by atoms with Gasteiger partial charge in [-0.05, 0) is 36.2 Å². The Bertz CT molecular complexity index is 1510. The number of carboxylic acids is 1. The van der Waals surface area contributed by atoms with Crippen LogP contribution in [0.4, 0.5) is 5.82 Å². The van der Waals surface area contributed by atoms with Crippen molar-refractivity contribution >= 4 is 22.8 Å². The van der Waals surface area contributed by atoms with E-state index in [4.69, 9.17) is 23.4 Å². The first kappa shape index (κ1) is 24.7. The topological polar surface area (TPSA) is 112 Å². The molecule has 9 nitrogen and oxygen atoms in total. The van der Waals surface area contributed by atoms with Crippen molar-refractivity contribution in [1.29, 1.82) is 0 Å². The zero-order valence-electron chi connectivity index (χ0n) is 21.2. The fourth-order valence-corrected chi connectivity index (χ4v) is 5.20. The van der Waals surface area contributed by atoms with E-state index in [1.54, 1.807) is 6.26 Å². The summed E-state index contributed by atoms with van der Waals surface area (Å²) < 4.78 is 28.8. The van der Waals surface area contributed by atoms with Gasteiger partial charge in [-0.15, -0.1) is 0 Å². The standard InChI is InChI=1S/C30H28N2O7/c33-28(34)16-30(27-18-35-19-39-27,15-20-4-2-1-3-5-20)24-17-38-26-14-22(7-8-23(24)26)36-12-10-21-6-9-25-29(32-21)31-11-13-37-25/h1-9,14,17-18H,10-13,15-16,19H2,(H,31,32)(H,33,34). The van der Waals surface area contributed by atoms with E-state index in [0.29, 0.717) is 43.1 Å². The summed E-state index contributed by atoms with van der Waals surface area (Å²) in [7, 11) is 0. The third kappa shape index (κ3) is 5.07. The molecule has 0 saturated heterocycles. The molecule has 0 aliphatic carbocycles. The smallest absolute Gasteiger partial charge is 0.304 e. The van der Waals surface area contributed by atoms with Crippen molar-refractivity contribution in [3.8, 4) is 11.5 Å². The quantitative estimate of drug-likeness (QED) is 0.292. The molecule has 2 aliphatic rings. The number of hydrogen-bond donors (Lipinski definition) is 2. The Morgan fingerprint density at radius 3 is 2.82 bits per heavy atom. The van der Waals surface area contributed by atoms with Crippen LogP contribution in [-0.4, -0.2) is 42.6 Å². The van der Waals surface area contributed by atoms with Gasteiger partial charge in [-0.25, -0.2) is 4.98 Å². The van der Waals surface area contributed by atoms with Crippen molar-refractivity contribution in [3.63, 3.8) is 0 Å². The van der Waals surface area contributed by atoms with Crippen LogP contribution in [0.2, 0.25) is 0 Å². The number of allylic oxidation sites excluding steroid dienone is 1. The zero-order chi connectivity index (χ0) is 26.7. The Balaban J connectivity index is 1.26. The molecule has 0 spiro atoms. The molecule has 4 heterocycles. The molecule has 0 bridgehead atoms. The van der Waals surface area contributed by atoms with Gasteiger partial charge in [0.2, 0.25) is 6.79 Å². The molecule has 9 heteroatoms. The average molecular weight is 529 g/mol. The average Bonchev–Trinajstić information content (AvgIpc) is 3.64. The highest BCUT2D eigenvalue weighted by Crippen LogP contribution is 2.45. The second-order valence-corrected chi connectivity index (χ2v) is 9.56. The maximum absolute atomic E-state index is 12.2. The monoisotopic (exact) mass is 528 g/mol. The third-order valence-electron chi connectivity index (χ3n) is 7.00. The number of benzene rings is 2. The summed E-state index contributed by atoms with van der Waals surface area (Å²) >= 11 is 0. The number of rotatable bonds is 10. The van der Waals surface area contributed by atoms with Crippen LogP contribution in [0.3, 0.4) is 0 Å². The van der Waals surface area contributed by atoms with Crippen LogP contribution in [0.15, 0.2) is 83.4 Å². The van der Waals surface area contributed by atoms with Crippen molar-refractivity contribution in [1.82, 2.24) is 4.98 Å². The summed E-state index contributed by atoms with van der Waals surface area (Å²) in [6, 6.07) is 19.2. The van der Waals surface area contributed by atoms with Gasteiger partial charge in [0.25, 0.3) is 0 Å². The normalized spacial score (nSPS) is 15.6. The minimum absolute atomic E-state index is 0.0431. The summed E-state index contributed by atoms with van der Waals surface area (Å²) in [5.74, 6) is 1.69. The van der Waals surface area contributed by atoms with Crippen LogP contribution in [0.25, 0.3) is 11.0 Å². The lowest BCUT2D eigenvalue weighted by Crippen LogP contribution is -2.34. The van der Waals surface area contributed by atoms with Crippen molar-refractivity contribution in [2.24, 2.45) is 0 Å². The molecule has 2 N–H and O–H groups in total. The van der Waals surface area contributed by atoms with Gasteiger partial charge in [0.1, 0.15) is 30.0 Å². The number of furan rings is 1. The first-order valence-electron chi connectivity index (χ1n) is 12.8. The number of aliphatic carboxylic acids is 1. The van der Waals surface area contributed by atoms with Crippen LogP contribution in [0, 0.1) is 0 Å². The van der Waals surface area contributed by atoms with E-state index in [1.165, 1.54) is 6.26 Å².